The summed E-state index contributed by atoms with van der Waals surface area (Å²) >= 11 is 0. The molecule has 28 heavy (non-hydrogen) atoms. The number of rotatable bonds is 6. The number of fused-ring (bicyclic) bond motifs is 2. The third kappa shape index (κ3) is 3.27. The summed E-state index contributed by atoms with van der Waals surface area (Å²) in [6.07, 6.45) is -2.16. The second-order valence-corrected chi connectivity index (χ2v) is 6.96. The van der Waals surface area contributed by atoms with Gasteiger partial charge in [-0.15, -0.1) is 0 Å². The molecule has 8 heteroatoms. The first-order valence-electron chi connectivity index (χ1n) is 8.61. The minimum Gasteiger partial charge on any atom is -0.507 e. The Balaban J connectivity index is 2.10. The number of phenols is 2. The van der Waals surface area contributed by atoms with Crippen LogP contribution in [0.3, 0.4) is 0 Å². The monoisotopic (exact) mass is 388 g/mol. The molecule has 0 amide bonds. The molecule has 2 aromatic carbocycles. The fraction of sp³-hybridized carbons (Fsp3) is 0.300. The Kier molecular flexibility index (Phi) is 5.22. The lowest BCUT2D eigenvalue weighted by molar-refractivity contribution is -0.0590. The van der Waals surface area contributed by atoms with E-state index in [-0.39, 0.29) is 27.8 Å². The van der Waals surface area contributed by atoms with Crippen molar-refractivity contribution < 1.29 is 40.2 Å². The molecule has 2 aromatic rings. The molecule has 8 nitrogen and oxygen atoms in total. The van der Waals surface area contributed by atoms with Crippen molar-refractivity contribution in [3.05, 3.63) is 58.1 Å². The highest BCUT2D eigenvalue weighted by molar-refractivity contribution is 6.30. The molecule has 0 bridgehead atoms. The fourth-order valence-electron chi connectivity index (χ4n) is 3.50. The molecule has 3 rings (SSSR count). The summed E-state index contributed by atoms with van der Waals surface area (Å²) in [4.78, 5) is 25.5. The van der Waals surface area contributed by atoms with Crippen LogP contribution in [0.15, 0.2) is 30.3 Å². The van der Waals surface area contributed by atoms with Gasteiger partial charge in [0, 0.05) is 29.5 Å². The molecule has 0 fully saturated rings. The number of aromatic hydroxyl groups is 2. The van der Waals surface area contributed by atoms with Crippen molar-refractivity contribution in [2.24, 2.45) is 0 Å². The standard InChI is InChI=1S/C20H20O8/c21-8-11(23)7-20(28,9-22)6-10-5-14(24)15-16(17(10)25)19(27)13-4-2-1-3-12(13)18(15)26/h1-5,11,21-25,28H,6-9H2/t11-,20-/m0/s1. The number of ketones is 2. The quantitative estimate of drug-likeness (QED) is 0.319. The third-order valence-electron chi connectivity index (χ3n) is 4.87. The van der Waals surface area contributed by atoms with E-state index in [1.54, 1.807) is 12.1 Å². The lowest BCUT2D eigenvalue weighted by atomic mass is 9.80. The van der Waals surface area contributed by atoms with Crippen LogP contribution >= 0.6 is 0 Å². The summed E-state index contributed by atoms with van der Waals surface area (Å²) in [7, 11) is 0. The largest absolute Gasteiger partial charge is 0.507 e. The highest BCUT2D eigenvalue weighted by atomic mass is 16.3. The van der Waals surface area contributed by atoms with Gasteiger partial charge in [0.15, 0.2) is 11.6 Å². The van der Waals surface area contributed by atoms with Gasteiger partial charge < -0.3 is 30.6 Å². The molecule has 148 valence electrons. The van der Waals surface area contributed by atoms with E-state index < -0.39 is 60.8 Å². The minimum atomic E-state index is -1.93. The molecule has 6 N–H and O–H groups in total. The molecular weight excluding hydrogens is 368 g/mol. The van der Waals surface area contributed by atoms with E-state index in [2.05, 4.69) is 0 Å². The first-order chi connectivity index (χ1) is 13.2. The van der Waals surface area contributed by atoms with Crippen molar-refractivity contribution in [2.75, 3.05) is 13.2 Å². The van der Waals surface area contributed by atoms with Gasteiger partial charge in [0.25, 0.3) is 0 Å². The molecular formula is C20H20O8. The van der Waals surface area contributed by atoms with Gasteiger partial charge in [0.05, 0.1) is 36.0 Å². The van der Waals surface area contributed by atoms with Crippen LogP contribution in [-0.4, -0.2) is 67.1 Å². The number of hydrogen-bond acceptors (Lipinski definition) is 8. The SMILES string of the molecule is O=C1c2ccccc2C(=O)c2c(O)c(C[C@@](O)(CO)C[C@H](O)CO)cc(O)c21. The Morgan fingerprint density at radius 2 is 1.54 bits per heavy atom. The van der Waals surface area contributed by atoms with Crippen LogP contribution in [0.25, 0.3) is 0 Å². The fourth-order valence-corrected chi connectivity index (χ4v) is 3.50. The zero-order valence-electron chi connectivity index (χ0n) is 14.8. The van der Waals surface area contributed by atoms with Gasteiger partial charge in [-0.2, -0.15) is 0 Å². The van der Waals surface area contributed by atoms with Crippen LogP contribution in [0.4, 0.5) is 0 Å². The van der Waals surface area contributed by atoms with Crippen LogP contribution in [0.1, 0.15) is 43.8 Å². The van der Waals surface area contributed by atoms with Crippen molar-refractivity contribution in [1.29, 1.82) is 0 Å². The van der Waals surface area contributed by atoms with Gasteiger partial charge in [-0.25, -0.2) is 0 Å². The Morgan fingerprint density at radius 3 is 2.07 bits per heavy atom. The molecule has 0 aromatic heterocycles. The predicted molar refractivity (Wildman–Crippen MR) is 96.5 cm³/mol. The van der Waals surface area contributed by atoms with E-state index in [0.717, 1.165) is 6.07 Å². The second-order valence-electron chi connectivity index (χ2n) is 6.96. The molecule has 0 unspecified atom stereocenters. The topological polar surface area (TPSA) is 156 Å². The normalized spacial score (nSPS) is 16.3. The van der Waals surface area contributed by atoms with Crippen molar-refractivity contribution in [1.82, 2.24) is 0 Å². The lowest BCUT2D eigenvalue weighted by Crippen LogP contribution is -2.40. The van der Waals surface area contributed by atoms with Crippen molar-refractivity contribution >= 4 is 11.6 Å². The summed E-state index contributed by atoms with van der Waals surface area (Å²) in [5.74, 6) is -2.40. The maximum Gasteiger partial charge on any atom is 0.198 e. The van der Waals surface area contributed by atoms with Gasteiger partial charge in [-0.1, -0.05) is 24.3 Å². The average molecular weight is 388 g/mol. The first-order valence-corrected chi connectivity index (χ1v) is 8.61. The Labute approximate surface area is 159 Å². The summed E-state index contributed by atoms with van der Waals surface area (Å²) < 4.78 is 0. The second kappa shape index (κ2) is 7.33. The molecule has 0 spiro atoms. The zero-order valence-corrected chi connectivity index (χ0v) is 14.8. The molecule has 1 aliphatic carbocycles. The van der Waals surface area contributed by atoms with E-state index in [9.17, 15) is 35.1 Å². The van der Waals surface area contributed by atoms with Crippen LogP contribution < -0.4 is 0 Å². The van der Waals surface area contributed by atoms with Crippen LogP contribution in [-0.2, 0) is 6.42 Å². The van der Waals surface area contributed by atoms with Crippen molar-refractivity contribution in [3.8, 4) is 11.5 Å². The number of phenolic OH excluding ortho intramolecular Hbond substituents is 2. The minimum absolute atomic E-state index is 0.0833. The highest BCUT2D eigenvalue weighted by Gasteiger charge is 2.37. The zero-order chi connectivity index (χ0) is 20.6. The van der Waals surface area contributed by atoms with Gasteiger partial charge in [-0.05, 0) is 6.07 Å². The summed E-state index contributed by atoms with van der Waals surface area (Å²) in [6.45, 7) is -1.45. The number of carbonyl (C=O) groups is 2. The Morgan fingerprint density at radius 1 is 0.964 bits per heavy atom. The number of aliphatic hydroxyl groups excluding tert-OH is 3. The summed E-state index contributed by atoms with van der Waals surface area (Å²) in [5, 5.41) is 59.5. The van der Waals surface area contributed by atoms with Gasteiger partial charge >= 0.3 is 0 Å². The van der Waals surface area contributed by atoms with Crippen molar-refractivity contribution in [2.45, 2.75) is 24.5 Å². The molecule has 0 saturated heterocycles. The molecule has 0 radical (unpaired) electrons. The highest BCUT2D eigenvalue weighted by Crippen LogP contribution is 2.41. The average Bonchev–Trinajstić information content (AvgIpc) is 2.68. The maximum atomic E-state index is 12.8. The van der Waals surface area contributed by atoms with Crippen LogP contribution in [0, 0.1) is 0 Å². The van der Waals surface area contributed by atoms with Gasteiger partial charge in [0.2, 0.25) is 0 Å². The number of carbonyl (C=O) groups excluding carboxylic acids is 2. The lowest BCUT2D eigenvalue weighted by Gasteiger charge is -2.29. The smallest absolute Gasteiger partial charge is 0.198 e. The third-order valence-corrected chi connectivity index (χ3v) is 4.87. The van der Waals surface area contributed by atoms with Crippen LogP contribution in [0.2, 0.25) is 0 Å². The summed E-state index contributed by atoms with van der Waals surface area (Å²) in [5.41, 5.74) is -2.52. The molecule has 0 aliphatic heterocycles. The number of hydrogen-bond donors (Lipinski definition) is 6. The molecule has 0 heterocycles. The number of aliphatic hydroxyl groups is 4. The van der Waals surface area contributed by atoms with E-state index in [0.29, 0.717) is 0 Å². The molecule has 2 atom stereocenters. The van der Waals surface area contributed by atoms with Crippen molar-refractivity contribution in [3.63, 3.8) is 0 Å². The first kappa shape index (κ1) is 20.0. The summed E-state index contributed by atoms with van der Waals surface area (Å²) in [6, 6.07) is 7.07. The molecule has 0 saturated carbocycles. The maximum absolute atomic E-state index is 12.8. The van der Waals surface area contributed by atoms with Gasteiger partial charge in [-0.3, -0.25) is 9.59 Å². The van der Waals surface area contributed by atoms with E-state index in [1.165, 1.54) is 12.1 Å². The Hall–Kier alpha value is -2.78. The molecule has 1 aliphatic rings. The Bertz CT molecular complexity index is 951. The van der Waals surface area contributed by atoms with Gasteiger partial charge in [0.1, 0.15) is 11.5 Å². The van der Waals surface area contributed by atoms with Crippen LogP contribution in [0.5, 0.6) is 11.5 Å². The van der Waals surface area contributed by atoms with E-state index >= 15 is 0 Å². The van der Waals surface area contributed by atoms with E-state index in [1.807, 2.05) is 0 Å². The number of benzene rings is 2. The predicted octanol–water partition coefficient (Wildman–Crippen LogP) is -0.118. The van der Waals surface area contributed by atoms with E-state index in [4.69, 9.17) is 5.11 Å².